The summed E-state index contributed by atoms with van der Waals surface area (Å²) in [4.78, 5) is 24.4. The Kier molecular flexibility index (Phi) is 9.12. The molecule has 2 aromatic heterocycles. The molecule has 190 valence electrons. The Balaban J connectivity index is 1.45. The van der Waals surface area contributed by atoms with Crippen molar-refractivity contribution in [3.63, 3.8) is 0 Å². The summed E-state index contributed by atoms with van der Waals surface area (Å²) in [5, 5.41) is 6.78. The standard InChI is InChI=1S/C26H31N5O4S/c1-3-10-34-25(32)30-20-7-5-6-19(13-20)16-27-24-15-22(31-8-11-33-12-9-31)14-21(29-24)18-35-26-28-17-23(4-2)36-26/h3,5-7,13-15,17H,1,4,8-12,16,18H2,2H3,(H,27,29)(H,30,32). The van der Waals surface area contributed by atoms with Gasteiger partial charge in [0, 0.05) is 48.1 Å². The number of carbonyl (C=O) groups is 1. The molecule has 0 bridgehead atoms. The third kappa shape index (κ3) is 7.43. The van der Waals surface area contributed by atoms with Gasteiger partial charge in [0.2, 0.25) is 0 Å². The van der Waals surface area contributed by atoms with Crippen LogP contribution in [0.4, 0.5) is 22.0 Å². The maximum atomic E-state index is 11.8. The van der Waals surface area contributed by atoms with Gasteiger partial charge < -0.3 is 24.4 Å². The zero-order valence-corrected chi connectivity index (χ0v) is 21.2. The Morgan fingerprint density at radius 1 is 1.28 bits per heavy atom. The first kappa shape index (κ1) is 25.5. The number of hydrogen-bond donors (Lipinski definition) is 2. The van der Waals surface area contributed by atoms with Crippen molar-refractivity contribution in [1.82, 2.24) is 9.97 Å². The fraction of sp³-hybridized carbons (Fsp3) is 0.346. The summed E-state index contributed by atoms with van der Waals surface area (Å²) in [6.45, 7) is 9.71. The predicted octanol–water partition coefficient (Wildman–Crippen LogP) is 4.86. The number of ether oxygens (including phenoxy) is 3. The minimum absolute atomic E-state index is 0.159. The summed E-state index contributed by atoms with van der Waals surface area (Å²) in [7, 11) is 0. The molecule has 4 rings (SSSR count). The van der Waals surface area contributed by atoms with Crippen molar-refractivity contribution in [3.8, 4) is 5.19 Å². The number of benzene rings is 1. The fourth-order valence-corrected chi connectivity index (χ4v) is 4.33. The highest BCUT2D eigenvalue weighted by Gasteiger charge is 2.14. The van der Waals surface area contributed by atoms with E-state index in [9.17, 15) is 4.79 Å². The Labute approximate surface area is 215 Å². The molecule has 2 N–H and O–H groups in total. The number of carbonyl (C=O) groups excluding carboxylic acids is 1. The smallest absolute Gasteiger partial charge is 0.411 e. The lowest BCUT2D eigenvalue weighted by Gasteiger charge is -2.29. The molecule has 10 heteroatoms. The summed E-state index contributed by atoms with van der Waals surface area (Å²) >= 11 is 1.56. The van der Waals surface area contributed by atoms with Crippen LogP contribution < -0.4 is 20.3 Å². The summed E-state index contributed by atoms with van der Waals surface area (Å²) in [6.07, 6.45) is 3.80. The molecule has 0 saturated carbocycles. The van der Waals surface area contributed by atoms with Crippen LogP contribution in [0.2, 0.25) is 0 Å². The number of nitrogens with zero attached hydrogens (tertiary/aromatic N) is 3. The normalized spacial score (nSPS) is 13.2. The molecule has 0 unspecified atom stereocenters. The van der Waals surface area contributed by atoms with Crippen LogP contribution in [0.25, 0.3) is 0 Å². The van der Waals surface area contributed by atoms with Crippen molar-refractivity contribution in [2.75, 3.05) is 48.4 Å². The number of amides is 1. The average molecular weight is 510 g/mol. The lowest BCUT2D eigenvalue weighted by atomic mass is 10.2. The van der Waals surface area contributed by atoms with E-state index in [0.29, 0.717) is 37.2 Å². The van der Waals surface area contributed by atoms with Crippen molar-refractivity contribution in [2.24, 2.45) is 0 Å². The Hall–Kier alpha value is -3.63. The molecule has 0 atom stereocenters. The van der Waals surface area contributed by atoms with E-state index < -0.39 is 6.09 Å². The molecule has 9 nitrogen and oxygen atoms in total. The second kappa shape index (κ2) is 12.9. The molecule has 1 fully saturated rings. The van der Waals surface area contributed by atoms with Crippen LogP contribution in [0.1, 0.15) is 23.1 Å². The molecule has 3 heterocycles. The van der Waals surface area contributed by atoms with Crippen LogP contribution in [-0.4, -0.2) is 49.0 Å². The molecular formula is C26H31N5O4S. The number of aromatic nitrogens is 2. The van der Waals surface area contributed by atoms with E-state index in [1.807, 2.05) is 36.5 Å². The Morgan fingerprint density at radius 2 is 2.14 bits per heavy atom. The Morgan fingerprint density at radius 3 is 2.92 bits per heavy atom. The number of aryl methyl sites for hydroxylation is 1. The van der Waals surface area contributed by atoms with E-state index in [2.05, 4.69) is 40.1 Å². The van der Waals surface area contributed by atoms with Gasteiger partial charge in [-0.3, -0.25) is 5.32 Å². The van der Waals surface area contributed by atoms with Crippen molar-refractivity contribution >= 4 is 34.6 Å². The molecule has 1 aliphatic rings. The molecule has 1 aliphatic heterocycles. The number of thiazole rings is 1. The van der Waals surface area contributed by atoms with Gasteiger partial charge in [-0.15, -0.1) is 0 Å². The number of nitrogens with one attached hydrogen (secondary N) is 2. The van der Waals surface area contributed by atoms with Gasteiger partial charge in [0.1, 0.15) is 19.0 Å². The zero-order valence-electron chi connectivity index (χ0n) is 20.4. The van der Waals surface area contributed by atoms with E-state index >= 15 is 0 Å². The van der Waals surface area contributed by atoms with Crippen molar-refractivity contribution < 1.29 is 19.0 Å². The van der Waals surface area contributed by atoms with E-state index in [-0.39, 0.29) is 6.61 Å². The first-order chi connectivity index (χ1) is 17.6. The maximum Gasteiger partial charge on any atom is 0.411 e. The first-order valence-corrected chi connectivity index (χ1v) is 12.7. The molecule has 0 radical (unpaired) electrons. The van der Waals surface area contributed by atoms with Gasteiger partial charge in [0.25, 0.3) is 5.19 Å². The highest BCUT2D eigenvalue weighted by molar-refractivity contribution is 7.13. The minimum Gasteiger partial charge on any atom is -0.464 e. The largest absolute Gasteiger partial charge is 0.464 e. The van der Waals surface area contributed by atoms with Gasteiger partial charge in [0.05, 0.1) is 18.9 Å². The molecule has 1 saturated heterocycles. The SMILES string of the molecule is C=CCOC(=O)Nc1cccc(CNc2cc(N3CCOCC3)cc(COc3ncc(CC)s3)n2)c1. The topological polar surface area (TPSA) is 97.8 Å². The van der Waals surface area contributed by atoms with Gasteiger partial charge in [-0.1, -0.05) is 43.0 Å². The third-order valence-corrected chi connectivity index (χ3v) is 6.50. The molecular weight excluding hydrogens is 478 g/mol. The second-order valence-corrected chi connectivity index (χ2v) is 9.18. The number of rotatable bonds is 11. The van der Waals surface area contributed by atoms with E-state index in [4.69, 9.17) is 19.2 Å². The van der Waals surface area contributed by atoms with Gasteiger partial charge in [-0.05, 0) is 30.2 Å². The Bertz CT molecular complexity index is 1160. The van der Waals surface area contributed by atoms with Crippen LogP contribution in [0, 0.1) is 0 Å². The van der Waals surface area contributed by atoms with Crippen LogP contribution in [0.5, 0.6) is 5.19 Å². The molecule has 1 amide bonds. The number of hydrogen-bond acceptors (Lipinski definition) is 9. The first-order valence-electron chi connectivity index (χ1n) is 11.9. The zero-order chi connectivity index (χ0) is 25.2. The van der Waals surface area contributed by atoms with Gasteiger partial charge in [0.15, 0.2) is 0 Å². The number of anilines is 3. The lowest BCUT2D eigenvalue weighted by molar-refractivity contribution is 0.122. The van der Waals surface area contributed by atoms with Crippen molar-refractivity contribution in [2.45, 2.75) is 26.5 Å². The van der Waals surface area contributed by atoms with E-state index in [1.54, 1.807) is 11.3 Å². The van der Waals surface area contributed by atoms with Crippen LogP contribution >= 0.6 is 11.3 Å². The second-order valence-electron chi connectivity index (χ2n) is 8.10. The highest BCUT2D eigenvalue weighted by atomic mass is 32.1. The van der Waals surface area contributed by atoms with E-state index in [1.165, 1.54) is 11.0 Å². The minimum atomic E-state index is -0.518. The van der Waals surface area contributed by atoms with Gasteiger partial charge >= 0.3 is 6.09 Å². The highest BCUT2D eigenvalue weighted by Crippen LogP contribution is 2.25. The van der Waals surface area contributed by atoms with Crippen LogP contribution in [0.15, 0.2) is 55.3 Å². The van der Waals surface area contributed by atoms with Gasteiger partial charge in [-0.2, -0.15) is 0 Å². The summed E-state index contributed by atoms with van der Waals surface area (Å²) in [6, 6.07) is 11.7. The molecule has 1 aromatic carbocycles. The molecule has 0 spiro atoms. The molecule has 0 aliphatic carbocycles. The fourth-order valence-electron chi connectivity index (χ4n) is 3.64. The number of morpholine rings is 1. The molecule has 3 aromatic rings. The van der Waals surface area contributed by atoms with Crippen molar-refractivity contribution in [3.05, 3.63) is 71.4 Å². The van der Waals surface area contributed by atoms with Crippen molar-refractivity contribution in [1.29, 1.82) is 0 Å². The summed E-state index contributed by atoms with van der Waals surface area (Å²) < 4.78 is 16.4. The number of pyridine rings is 1. The van der Waals surface area contributed by atoms with Gasteiger partial charge in [-0.25, -0.2) is 14.8 Å². The van der Waals surface area contributed by atoms with E-state index in [0.717, 1.165) is 42.3 Å². The van der Waals surface area contributed by atoms with Crippen LogP contribution in [-0.2, 0) is 29.0 Å². The monoisotopic (exact) mass is 509 g/mol. The average Bonchev–Trinajstić information content (AvgIpc) is 3.38. The summed E-state index contributed by atoms with van der Waals surface area (Å²) in [5.74, 6) is 0.745. The van der Waals surface area contributed by atoms with Crippen LogP contribution in [0.3, 0.4) is 0 Å². The predicted molar refractivity (Wildman–Crippen MR) is 142 cm³/mol. The lowest BCUT2D eigenvalue weighted by Crippen LogP contribution is -2.36. The maximum absolute atomic E-state index is 11.8. The molecule has 36 heavy (non-hydrogen) atoms. The quantitative estimate of drug-likeness (QED) is 0.354. The third-order valence-electron chi connectivity index (χ3n) is 5.44. The summed E-state index contributed by atoms with van der Waals surface area (Å²) in [5.41, 5.74) is 3.53.